The molecule has 1 saturated heterocycles. The monoisotopic (exact) mass is 437 g/mol. The van der Waals surface area contributed by atoms with E-state index in [1.807, 2.05) is 65.6 Å². The zero-order chi connectivity index (χ0) is 22.5. The van der Waals surface area contributed by atoms with Gasteiger partial charge in [-0.2, -0.15) is 0 Å². The highest BCUT2D eigenvalue weighted by atomic mass is 16.5. The van der Waals surface area contributed by atoms with Crippen LogP contribution in [0.15, 0.2) is 91.0 Å². The average molecular weight is 438 g/mol. The van der Waals surface area contributed by atoms with Crippen molar-refractivity contribution in [3.8, 4) is 5.75 Å². The molecule has 0 saturated carbocycles. The Bertz CT molecular complexity index is 1220. The third-order valence-corrected chi connectivity index (χ3v) is 6.05. The first-order valence-electron chi connectivity index (χ1n) is 11.4. The Morgan fingerprint density at radius 3 is 2.30 bits per heavy atom. The molecule has 3 aromatic carbocycles. The predicted octanol–water partition coefficient (Wildman–Crippen LogP) is 4.77. The Morgan fingerprint density at radius 1 is 0.788 bits per heavy atom. The molecule has 1 aromatic heterocycles. The van der Waals surface area contributed by atoms with Crippen LogP contribution in [0.25, 0.3) is 10.9 Å². The van der Waals surface area contributed by atoms with E-state index in [0.29, 0.717) is 12.2 Å². The van der Waals surface area contributed by atoms with E-state index < -0.39 is 0 Å². The summed E-state index contributed by atoms with van der Waals surface area (Å²) in [5.41, 5.74) is 3.85. The predicted molar refractivity (Wildman–Crippen MR) is 130 cm³/mol. The fourth-order valence-electron chi connectivity index (χ4n) is 4.17. The minimum atomic E-state index is 0.0807. The highest BCUT2D eigenvalue weighted by molar-refractivity contribution is 5.94. The first kappa shape index (κ1) is 21.2. The Labute approximate surface area is 194 Å². The third-order valence-electron chi connectivity index (χ3n) is 6.05. The maximum atomic E-state index is 12.9. The quantitative estimate of drug-likeness (QED) is 0.436. The van der Waals surface area contributed by atoms with Gasteiger partial charge in [-0.15, -0.1) is 0 Å². The molecular formula is C28H27N3O2. The highest BCUT2D eigenvalue weighted by Crippen LogP contribution is 2.18. The average Bonchev–Trinajstić information content (AvgIpc) is 2.88. The van der Waals surface area contributed by atoms with E-state index in [1.165, 1.54) is 5.56 Å². The molecule has 5 heteroatoms. The van der Waals surface area contributed by atoms with Crippen molar-refractivity contribution in [2.24, 2.45) is 0 Å². The molecule has 0 aliphatic carbocycles. The van der Waals surface area contributed by atoms with Crippen molar-refractivity contribution in [3.63, 3.8) is 0 Å². The van der Waals surface area contributed by atoms with Crippen LogP contribution in [-0.2, 0) is 13.2 Å². The molecule has 5 rings (SSSR count). The number of rotatable bonds is 6. The Kier molecular flexibility index (Phi) is 6.31. The number of carbonyl (C=O) groups excluding carboxylic acids is 1. The normalized spacial score (nSPS) is 14.4. The molecule has 1 aliphatic heterocycles. The van der Waals surface area contributed by atoms with E-state index in [-0.39, 0.29) is 5.91 Å². The van der Waals surface area contributed by atoms with Gasteiger partial charge in [0, 0.05) is 43.7 Å². The number of hydrogen-bond donors (Lipinski definition) is 0. The van der Waals surface area contributed by atoms with Crippen molar-refractivity contribution in [2.75, 3.05) is 26.2 Å². The van der Waals surface area contributed by atoms with Gasteiger partial charge in [0.1, 0.15) is 12.4 Å². The second-order valence-corrected chi connectivity index (χ2v) is 8.36. The number of aromatic nitrogens is 1. The van der Waals surface area contributed by atoms with Crippen LogP contribution in [0.3, 0.4) is 0 Å². The molecule has 0 atom stereocenters. The van der Waals surface area contributed by atoms with Gasteiger partial charge in [-0.3, -0.25) is 9.69 Å². The van der Waals surface area contributed by atoms with Crippen LogP contribution >= 0.6 is 0 Å². The fraction of sp³-hybridized carbons (Fsp3) is 0.214. The molecular weight excluding hydrogens is 410 g/mol. The summed E-state index contributed by atoms with van der Waals surface area (Å²) in [7, 11) is 0. The van der Waals surface area contributed by atoms with E-state index in [9.17, 15) is 4.79 Å². The molecule has 0 spiro atoms. The van der Waals surface area contributed by atoms with Crippen molar-refractivity contribution in [3.05, 3.63) is 108 Å². The molecule has 0 bridgehead atoms. The van der Waals surface area contributed by atoms with Crippen LogP contribution in [0.5, 0.6) is 5.75 Å². The Morgan fingerprint density at radius 2 is 1.52 bits per heavy atom. The molecule has 33 heavy (non-hydrogen) atoms. The molecule has 1 fully saturated rings. The van der Waals surface area contributed by atoms with Gasteiger partial charge in [-0.25, -0.2) is 4.98 Å². The minimum absolute atomic E-state index is 0.0807. The Balaban J connectivity index is 1.13. The lowest BCUT2D eigenvalue weighted by Gasteiger charge is -2.34. The van der Waals surface area contributed by atoms with Gasteiger partial charge >= 0.3 is 0 Å². The lowest BCUT2D eigenvalue weighted by atomic mass is 10.1. The summed E-state index contributed by atoms with van der Waals surface area (Å²) in [5.74, 6) is 0.811. The summed E-state index contributed by atoms with van der Waals surface area (Å²) in [6.45, 7) is 4.60. The summed E-state index contributed by atoms with van der Waals surface area (Å²) in [6.07, 6.45) is 0. The highest BCUT2D eigenvalue weighted by Gasteiger charge is 2.22. The van der Waals surface area contributed by atoms with Gasteiger partial charge in [0.25, 0.3) is 5.91 Å². The second-order valence-electron chi connectivity index (χ2n) is 8.36. The standard InChI is InChI=1S/C28H27N3O2/c32-28(31-18-16-30(17-19-31)20-22-6-2-1-3-7-22)24-11-14-26(15-12-24)33-21-25-13-10-23-8-4-5-9-27(23)29-25/h1-15H,16-21H2. The Hall–Kier alpha value is -3.70. The second kappa shape index (κ2) is 9.84. The summed E-state index contributed by atoms with van der Waals surface area (Å²) in [6, 6.07) is 30.0. The molecule has 1 amide bonds. The topological polar surface area (TPSA) is 45.7 Å². The number of piperazine rings is 1. The summed E-state index contributed by atoms with van der Waals surface area (Å²) >= 11 is 0. The van der Waals surface area contributed by atoms with Gasteiger partial charge in [0.15, 0.2) is 0 Å². The molecule has 0 unspecified atom stereocenters. The van der Waals surface area contributed by atoms with Gasteiger partial charge < -0.3 is 9.64 Å². The molecule has 5 nitrogen and oxygen atoms in total. The van der Waals surface area contributed by atoms with Crippen molar-refractivity contribution in [2.45, 2.75) is 13.2 Å². The number of hydrogen-bond acceptors (Lipinski definition) is 4. The number of pyridine rings is 1. The summed E-state index contributed by atoms with van der Waals surface area (Å²) < 4.78 is 5.90. The lowest BCUT2D eigenvalue weighted by Crippen LogP contribution is -2.48. The van der Waals surface area contributed by atoms with Crippen molar-refractivity contribution >= 4 is 16.8 Å². The zero-order valence-corrected chi connectivity index (χ0v) is 18.6. The molecule has 0 radical (unpaired) electrons. The van der Waals surface area contributed by atoms with Crippen LogP contribution in [0.1, 0.15) is 21.6 Å². The summed E-state index contributed by atoms with van der Waals surface area (Å²) in [5, 5.41) is 1.12. The van der Waals surface area contributed by atoms with Crippen molar-refractivity contribution < 1.29 is 9.53 Å². The fourth-order valence-corrected chi connectivity index (χ4v) is 4.17. The van der Waals surface area contributed by atoms with Crippen molar-refractivity contribution in [1.29, 1.82) is 0 Å². The van der Waals surface area contributed by atoms with Gasteiger partial charge in [-0.1, -0.05) is 54.6 Å². The third kappa shape index (κ3) is 5.21. The summed E-state index contributed by atoms with van der Waals surface area (Å²) in [4.78, 5) is 21.9. The first-order valence-corrected chi connectivity index (χ1v) is 11.4. The molecule has 0 N–H and O–H groups in total. The SMILES string of the molecule is O=C(c1ccc(OCc2ccc3ccccc3n2)cc1)N1CCN(Cc2ccccc2)CC1. The molecule has 2 heterocycles. The number of para-hydroxylation sites is 1. The zero-order valence-electron chi connectivity index (χ0n) is 18.6. The largest absolute Gasteiger partial charge is 0.487 e. The van der Waals surface area contributed by atoms with E-state index in [0.717, 1.165) is 55.1 Å². The van der Waals surface area contributed by atoms with Crippen LogP contribution < -0.4 is 4.74 Å². The van der Waals surface area contributed by atoms with Gasteiger partial charge in [-0.05, 0) is 42.0 Å². The lowest BCUT2D eigenvalue weighted by molar-refractivity contribution is 0.0628. The van der Waals surface area contributed by atoms with Crippen LogP contribution in [-0.4, -0.2) is 46.9 Å². The number of amides is 1. The van der Waals surface area contributed by atoms with Crippen LogP contribution in [0, 0.1) is 0 Å². The van der Waals surface area contributed by atoms with E-state index in [1.54, 1.807) is 0 Å². The van der Waals surface area contributed by atoms with E-state index in [4.69, 9.17) is 4.74 Å². The van der Waals surface area contributed by atoms with Gasteiger partial charge in [0.2, 0.25) is 0 Å². The number of nitrogens with zero attached hydrogens (tertiary/aromatic N) is 3. The van der Waals surface area contributed by atoms with Crippen molar-refractivity contribution in [1.82, 2.24) is 14.8 Å². The smallest absolute Gasteiger partial charge is 0.253 e. The van der Waals surface area contributed by atoms with Gasteiger partial charge in [0.05, 0.1) is 11.2 Å². The van der Waals surface area contributed by atoms with Crippen LogP contribution in [0.2, 0.25) is 0 Å². The molecule has 166 valence electrons. The number of fused-ring (bicyclic) bond motifs is 1. The number of benzene rings is 3. The minimum Gasteiger partial charge on any atom is -0.487 e. The number of ether oxygens (including phenoxy) is 1. The number of carbonyl (C=O) groups is 1. The maximum Gasteiger partial charge on any atom is 0.253 e. The molecule has 1 aliphatic rings. The molecule has 4 aromatic rings. The van der Waals surface area contributed by atoms with E-state index >= 15 is 0 Å². The van der Waals surface area contributed by atoms with Crippen LogP contribution in [0.4, 0.5) is 0 Å². The maximum absolute atomic E-state index is 12.9. The van der Waals surface area contributed by atoms with E-state index in [2.05, 4.69) is 40.2 Å². The first-order chi connectivity index (χ1) is 16.2.